The highest BCUT2D eigenvalue weighted by Crippen LogP contribution is 2.35. The van der Waals surface area contributed by atoms with Crippen molar-refractivity contribution in [2.24, 2.45) is 0 Å². The minimum atomic E-state index is -6.00. The van der Waals surface area contributed by atoms with Crippen LogP contribution in [0.4, 0.5) is 23.0 Å². The van der Waals surface area contributed by atoms with Crippen molar-refractivity contribution < 1.29 is 21.8 Å². The van der Waals surface area contributed by atoms with Crippen LogP contribution < -0.4 is 4.90 Å². The molecule has 1 aliphatic rings. The van der Waals surface area contributed by atoms with Crippen molar-refractivity contribution in [3.63, 3.8) is 0 Å². The summed E-state index contributed by atoms with van der Waals surface area (Å²) in [7, 11) is -6.00. The van der Waals surface area contributed by atoms with Crippen LogP contribution in [0.5, 0.6) is 0 Å². The highest BCUT2D eigenvalue weighted by atomic mass is 32.1. The molecule has 1 aliphatic heterocycles. The maximum absolute atomic E-state index is 9.75. The third-order valence-electron chi connectivity index (χ3n) is 4.50. The average molecular weight is 414 g/mol. The molecule has 0 saturated heterocycles. The van der Waals surface area contributed by atoms with Crippen molar-refractivity contribution >= 4 is 30.6 Å². The van der Waals surface area contributed by atoms with Crippen molar-refractivity contribution in [3.8, 4) is 0 Å². The van der Waals surface area contributed by atoms with Crippen molar-refractivity contribution in [2.45, 2.75) is 46.1 Å². The second-order valence-electron chi connectivity index (χ2n) is 7.45. The molecule has 0 saturated carbocycles. The van der Waals surface area contributed by atoms with Gasteiger partial charge in [-0.05, 0) is 23.3 Å². The number of halogens is 4. The summed E-state index contributed by atoms with van der Waals surface area (Å²) in [6.07, 6.45) is 2.33. The lowest BCUT2D eigenvalue weighted by Gasteiger charge is -2.20. The highest BCUT2D eigenvalue weighted by Gasteiger charge is 2.28. The van der Waals surface area contributed by atoms with E-state index in [9.17, 15) is 17.3 Å². The molecule has 2 aromatic rings. The Hall–Kier alpha value is -1.83. The van der Waals surface area contributed by atoms with E-state index < -0.39 is 7.25 Å². The maximum Gasteiger partial charge on any atom is 0.673 e. The molecular formula is C20H27BF4N2S. The summed E-state index contributed by atoms with van der Waals surface area (Å²) in [6, 6.07) is 11.2. The molecule has 8 heteroatoms. The number of hydrogen-bond donors (Lipinski definition) is 0. The van der Waals surface area contributed by atoms with Crippen molar-refractivity contribution in [1.29, 1.82) is 0 Å². The van der Waals surface area contributed by atoms with Crippen LogP contribution >= 0.6 is 11.3 Å². The average Bonchev–Trinajstić information content (AvgIpc) is 3.24. The van der Waals surface area contributed by atoms with Gasteiger partial charge in [-0.25, -0.2) is 4.90 Å². The van der Waals surface area contributed by atoms with E-state index in [1.54, 1.807) is 0 Å². The first-order valence-electron chi connectivity index (χ1n) is 9.44. The molecule has 1 aromatic carbocycles. The minimum Gasteiger partial charge on any atom is -0.418 e. The number of nitrogens with zero attached hydrogens (tertiary/aromatic N) is 2. The number of hydrogen-bond acceptors (Lipinski definition) is 2. The van der Waals surface area contributed by atoms with Gasteiger partial charge >= 0.3 is 7.25 Å². The van der Waals surface area contributed by atoms with Crippen molar-refractivity contribution in [2.75, 3.05) is 18.0 Å². The first-order valence-corrected chi connectivity index (χ1v) is 10.3. The fraction of sp³-hybridized carbons (Fsp3) is 0.450. The lowest BCUT2D eigenvalue weighted by atomic mass is 9.92. The molecule has 1 aromatic heterocycles. The third-order valence-corrected chi connectivity index (χ3v) is 5.36. The standard InChI is InChI=1S/C20H27N2S.BF4/c1-15(2)18-8-5-9-19(16(3)4)20(18)22-11-10-21(14-22)13-17-7-6-12-23-17;2-1(3,4)5/h5-9,12,14-16H,10-11,13H2,1-4H3;/q+1;-1. The molecule has 154 valence electrons. The zero-order valence-corrected chi connectivity index (χ0v) is 17.5. The van der Waals surface area contributed by atoms with Crippen molar-refractivity contribution in [3.05, 3.63) is 51.7 Å². The van der Waals surface area contributed by atoms with Gasteiger partial charge in [0.2, 0.25) is 6.34 Å². The van der Waals surface area contributed by atoms with Crippen molar-refractivity contribution in [1.82, 2.24) is 0 Å². The minimum absolute atomic E-state index is 0.545. The van der Waals surface area contributed by atoms with Crippen LogP contribution in [0.15, 0.2) is 35.7 Å². The Bertz CT molecular complexity index is 754. The predicted molar refractivity (Wildman–Crippen MR) is 111 cm³/mol. The molecule has 0 amide bonds. The first-order chi connectivity index (χ1) is 13.1. The fourth-order valence-corrected chi connectivity index (χ4v) is 4.01. The van der Waals surface area contributed by atoms with Crippen LogP contribution in [-0.4, -0.2) is 31.3 Å². The summed E-state index contributed by atoms with van der Waals surface area (Å²) in [4.78, 5) is 3.91. The van der Waals surface area contributed by atoms with Crippen LogP contribution in [0, 0.1) is 0 Å². The molecule has 0 unspecified atom stereocenters. The zero-order valence-electron chi connectivity index (χ0n) is 16.7. The van der Waals surface area contributed by atoms with Gasteiger partial charge in [0.15, 0.2) is 0 Å². The molecule has 2 heterocycles. The largest absolute Gasteiger partial charge is 0.673 e. The van der Waals surface area contributed by atoms with Gasteiger partial charge in [0, 0.05) is 16.0 Å². The van der Waals surface area contributed by atoms with Crippen LogP contribution in [0.25, 0.3) is 0 Å². The van der Waals surface area contributed by atoms with Gasteiger partial charge < -0.3 is 17.3 Å². The fourth-order valence-electron chi connectivity index (χ4n) is 3.28. The van der Waals surface area contributed by atoms with Gasteiger partial charge in [-0.15, -0.1) is 11.3 Å². The molecular weight excluding hydrogens is 387 g/mol. The summed E-state index contributed by atoms with van der Waals surface area (Å²) in [5.74, 6) is 1.09. The number of para-hydroxylation sites is 1. The van der Waals surface area contributed by atoms with E-state index in [-0.39, 0.29) is 0 Å². The Kier molecular flexibility index (Phi) is 7.69. The molecule has 28 heavy (non-hydrogen) atoms. The van der Waals surface area contributed by atoms with Crippen LogP contribution in [-0.2, 0) is 6.54 Å². The molecule has 0 spiro atoms. The van der Waals surface area contributed by atoms with Crippen LogP contribution in [0.2, 0.25) is 0 Å². The van der Waals surface area contributed by atoms with Gasteiger partial charge in [0.1, 0.15) is 25.3 Å². The number of rotatable bonds is 5. The van der Waals surface area contributed by atoms with E-state index in [0.29, 0.717) is 11.8 Å². The molecule has 0 atom stereocenters. The lowest BCUT2D eigenvalue weighted by molar-refractivity contribution is -0.529. The molecule has 0 radical (unpaired) electrons. The zero-order chi connectivity index (χ0) is 20.9. The Labute approximate surface area is 168 Å². The molecule has 3 rings (SSSR count). The monoisotopic (exact) mass is 414 g/mol. The summed E-state index contributed by atoms with van der Waals surface area (Å²) < 4.78 is 41.4. The number of benzene rings is 1. The Morgan fingerprint density at radius 2 is 1.57 bits per heavy atom. The first kappa shape index (κ1) is 22.5. The Balaban J connectivity index is 0.000000500. The summed E-state index contributed by atoms with van der Waals surface area (Å²) >= 11 is 1.84. The Morgan fingerprint density at radius 3 is 2.04 bits per heavy atom. The second kappa shape index (κ2) is 9.59. The van der Waals surface area contributed by atoms with E-state index >= 15 is 0 Å². The third kappa shape index (κ3) is 6.65. The predicted octanol–water partition coefficient (Wildman–Crippen LogP) is 6.36. The smallest absolute Gasteiger partial charge is 0.418 e. The molecule has 0 fully saturated rings. The number of thiophene rings is 1. The lowest BCUT2D eigenvalue weighted by Crippen LogP contribution is -2.22. The molecule has 0 N–H and O–H groups in total. The van der Waals surface area contributed by atoms with Gasteiger partial charge in [-0.3, -0.25) is 4.58 Å². The molecule has 0 bridgehead atoms. The molecule has 0 aliphatic carbocycles. The number of anilines is 1. The normalized spacial score (nSPS) is 14.4. The summed E-state index contributed by atoms with van der Waals surface area (Å²) in [5.41, 5.74) is 4.36. The highest BCUT2D eigenvalue weighted by molar-refractivity contribution is 7.09. The second-order valence-corrected chi connectivity index (χ2v) is 8.48. The van der Waals surface area contributed by atoms with Gasteiger partial charge in [0.25, 0.3) is 0 Å². The maximum atomic E-state index is 9.75. The quantitative estimate of drug-likeness (QED) is 0.314. The summed E-state index contributed by atoms with van der Waals surface area (Å²) in [6.45, 7) is 12.4. The van der Waals surface area contributed by atoms with Crippen LogP contribution in [0.1, 0.15) is 55.5 Å². The van der Waals surface area contributed by atoms with E-state index in [0.717, 1.165) is 19.6 Å². The van der Waals surface area contributed by atoms with Crippen LogP contribution in [0.3, 0.4) is 0 Å². The summed E-state index contributed by atoms with van der Waals surface area (Å²) in [5, 5.41) is 2.16. The van der Waals surface area contributed by atoms with Gasteiger partial charge in [-0.2, -0.15) is 0 Å². The van der Waals surface area contributed by atoms with E-state index in [1.165, 1.54) is 21.7 Å². The van der Waals surface area contributed by atoms with Gasteiger partial charge in [-0.1, -0.05) is 52.0 Å². The van der Waals surface area contributed by atoms with E-state index in [1.807, 2.05) is 11.3 Å². The Morgan fingerprint density at radius 1 is 1.00 bits per heavy atom. The SMILES string of the molecule is CC(C)c1cccc(C(C)C)c1N1C=[N+](Cc2cccs2)CC1.F[B-](F)(F)F. The molecule has 2 nitrogen and oxygen atoms in total. The topological polar surface area (TPSA) is 6.25 Å². The van der Waals surface area contributed by atoms with E-state index in [2.05, 4.69) is 79.2 Å². The van der Waals surface area contributed by atoms with E-state index in [4.69, 9.17) is 0 Å². The van der Waals surface area contributed by atoms with Gasteiger partial charge in [0.05, 0.1) is 0 Å².